The average molecular weight is 367 g/mol. The topological polar surface area (TPSA) is 179 Å². The monoisotopic (exact) mass is 367 g/mol. The van der Waals surface area contributed by atoms with Crippen LogP contribution in [0.3, 0.4) is 0 Å². The third-order valence-corrected chi connectivity index (χ3v) is 3.98. The van der Waals surface area contributed by atoms with Crippen molar-refractivity contribution in [2.75, 3.05) is 7.11 Å². The van der Waals surface area contributed by atoms with E-state index in [-0.39, 0.29) is 23.6 Å². The molecule has 27 heavy (non-hydrogen) atoms. The molecule has 0 aromatic heterocycles. The molecule has 10 nitrogen and oxygen atoms in total. The fraction of sp³-hybridized carbons (Fsp3) is 0.235. The fourth-order valence-corrected chi connectivity index (χ4v) is 2.62. The summed E-state index contributed by atoms with van der Waals surface area (Å²) >= 11 is 0. The second kappa shape index (κ2) is 8.47. The summed E-state index contributed by atoms with van der Waals surface area (Å²) in [6, 6.07) is 3.57. The van der Waals surface area contributed by atoms with Crippen LogP contribution in [-0.2, 0) is 14.3 Å². The lowest BCUT2D eigenvalue weighted by molar-refractivity contribution is -0.135. The number of allylic oxidation sites excluding steroid dienone is 5. The number of methoxy groups -OCH3 is 1. The molecule has 0 saturated carbocycles. The van der Waals surface area contributed by atoms with Gasteiger partial charge in [0, 0.05) is 18.4 Å². The molecule has 10 heteroatoms. The molecule has 2 aliphatic rings. The highest BCUT2D eigenvalue weighted by Crippen LogP contribution is 2.28. The van der Waals surface area contributed by atoms with E-state index in [1.165, 1.54) is 0 Å². The Morgan fingerprint density at radius 1 is 1.37 bits per heavy atom. The van der Waals surface area contributed by atoms with E-state index in [1.54, 1.807) is 18.2 Å². The average Bonchev–Trinajstić information content (AvgIpc) is 2.69. The summed E-state index contributed by atoms with van der Waals surface area (Å²) in [5.74, 6) is 4.49. The van der Waals surface area contributed by atoms with Crippen LogP contribution in [0.15, 0.2) is 50.9 Å². The number of nitrogens with two attached hydrogens (primary N) is 2. The van der Waals surface area contributed by atoms with E-state index in [1.807, 2.05) is 6.07 Å². The molecular weight excluding hydrogens is 350 g/mol. The molecule has 6 N–H and O–H groups in total. The number of nitrogens with zero attached hydrogens (tertiary/aromatic N) is 3. The molecule has 1 amide bonds. The predicted molar refractivity (Wildman–Crippen MR) is 94.4 cm³/mol. The molecule has 0 aromatic carbocycles. The fourth-order valence-electron chi connectivity index (χ4n) is 2.62. The number of nitrogens with one attached hydrogen (secondary N) is 2. The summed E-state index contributed by atoms with van der Waals surface area (Å²) in [6.07, 6.45) is 4.41. The van der Waals surface area contributed by atoms with Gasteiger partial charge in [0.15, 0.2) is 5.57 Å². The minimum atomic E-state index is -0.927. The second-order valence-electron chi connectivity index (χ2n) is 5.52. The maximum atomic E-state index is 11.7. The highest BCUT2D eigenvalue weighted by Gasteiger charge is 2.24. The van der Waals surface area contributed by atoms with Crippen molar-refractivity contribution < 1.29 is 14.3 Å². The van der Waals surface area contributed by atoms with Crippen molar-refractivity contribution in [3.63, 3.8) is 0 Å². The first-order chi connectivity index (χ1) is 13.0. The number of hydrogen-bond donors (Lipinski definition) is 4. The number of hydrazine groups is 1. The van der Waals surface area contributed by atoms with Crippen LogP contribution in [0.1, 0.15) is 19.3 Å². The summed E-state index contributed by atoms with van der Waals surface area (Å²) in [5.41, 5.74) is 12.3. The number of carbonyl (C=O) groups excluding carboxylic acids is 2. The van der Waals surface area contributed by atoms with Gasteiger partial charge in [-0.25, -0.2) is 10.2 Å². The molecule has 0 saturated heterocycles. The summed E-state index contributed by atoms with van der Waals surface area (Å²) in [5, 5.41) is 22.7. The Morgan fingerprint density at radius 3 is 2.63 bits per heavy atom. The Bertz CT molecular complexity index is 923. The van der Waals surface area contributed by atoms with Gasteiger partial charge < -0.3 is 15.9 Å². The van der Waals surface area contributed by atoms with Gasteiger partial charge in [-0.05, 0) is 18.1 Å². The van der Waals surface area contributed by atoms with Gasteiger partial charge in [0.05, 0.1) is 29.8 Å². The molecule has 1 heterocycles. The zero-order valence-electron chi connectivity index (χ0n) is 14.5. The maximum absolute atomic E-state index is 11.7. The molecule has 0 radical (unpaired) electrons. The lowest BCUT2D eigenvalue weighted by Crippen LogP contribution is -2.31. The van der Waals surface area contributed by atoms with Crippen LogP contribution in [0, 0.1) is 22.7 Å². The molecule has 0 aromatic rings. The summed E-state index contributed by atoms with van der Waals surface area (Å²) in [6.45, 7) is 0. The van der Waals surface area contributed by atoms with Crippen LogP contribution in [0.5, 0.6) is 0 Å². The lowest BCUT2D eigenvalue weighted by atomic mass is 9.90. The molecule has 2 rings (SSSR count). The van der Waals surface area contributed by atoms with Gasteiger partial charge in [-0.2, -0.15) is 15.6 Å². The molecule has 1 aliphatic heterocycles. The summed E-state index contributed by atoms with van der Waals surface area (Å²) in [7, 11) is 1.11. The highest BCUT2D eigenvalue weighted by molar-refractivity contribution is 6.07. The van der Waals surface area contributed by atoms with E-state index >= 15 is 0 Å². The van der Waals surface area contributed by atoms with E-state index in [0.29, 0.717) is 35.4 Å². The van der Waals surface area contributed by atoms with Crippen molar-refractivity contribution >= 4 is 17.6 Å². The Kier molecular flexibility index (Phi) is 6.10. The molecule has 0 unspecified atom stereocenters. The smallest absolute Gasteiger partial charge is 0.350 e. The van der Waals surface area contributed by atoms with Crippen molar-refractivity contribution in [1.82, 2.24) is 10.9 Å². The summed E-state index contributed by atoms with van der Waals surface area (Å²) < 4.78 is 4.51. The second-order valence-corrected chi connectivity index (χ2v) is 5.52. The number of nitriles is 2. The van der Waals surface area contributed by atoms with Gasteiger partial charge in [0.2, 0.25) is 5.91 Å². The first kappa shape index (κ1) is 19.4. The number of carbonyl (C=O) groups is 2. The molecule has 1 aliphatic carbocycles. The zero-order valence-corrected chi connectivity index (χ0v) is 14.5. The lowest BCUT2D eigenvalue weighted by Gasteiger charge is -2.21. The van der Waals surface area contributed by atoms with Gasteiger partial charge in [0.1, 0.15) is 12.1 Å². The van der Waals surface area contributed by atoms with Crippen LogP contribution in [-0.4, -0.2) is 24.7 Å². The number of esters is 1. The minimum Gasteiger partial charge on any atom is -0.465 e. The van der Waals surface area contributed by atoms with Crippen molar-refractivity contribution in [2.24, 2.45) is 16.7 Å². The minimum absolute atomic E-state index is 0.0288. The normalized spacial score (nSPS) is 19.1. The third kappa shape index (κ3) is 4.03. The molecular formula is C17H17N7O3. The number of ether oxygens (including phenoxy) is 1. The Morgan fingerprint density at radius 2 is 2.11 bits per heavy atom. The largest absolute Gasteiger partial charge is 0.465 e. The van der Waals surface area contributed by atoms with Gasteiger partial charge in [-0.1, -0.05) is 6.08 Å². The van der Waals surface area contributed by atoms with Crippen LogP contribution < -0.4 is 22.4 Å². The third-order valence-electron chi connectivity index (χ3n) is 3.98. The van der Waals surface area contributed by atoms with E-state index in [2.05, 4.69) is 20.7 Å². The molecule has 0 bridgehead atoms. The van der Waals surface area contributed by atoms with E-state index in [0.717, 1.165) is 7.11 Å². The van der Waals surface area contributed by atoms with Crippen LogP contribution >= 0.6 is 0 Å². The van der Waals surface area contributed by atoms with Crippen LogP contribution in [0.2, 0.25) is 0 Å². The van der Waals surface area contributed by atoms with E-state index in [9.17, 15) is 14.9 Å². The molecule has 0 spiro atoms. The Labute approximate surface area is 155 Å². The standard InChI is InChI=1S/C17H17N7O3/c1-27-17(26)12(8-19)16(20)11(7-18)9-2-3-10(14(6-9)22-21)13-4-5-15(25)24-23-13/h3,6,22H,2,4-5,20-21H2,1H3,(H,24,25). The van der Waals surface area contributed by atoms with Gasteiger partial charge >= 0.3 is 5.97 Å². The van der Waals surface area contributed by atoms with Crippen molar-refractivity contribution in [3.05, 3.63) is 45.8 Å². The van der Waals surface area contributed by atoms with Crippen molar-refractivity contribution in [2.45, 2.75) is 19.3 Å². The van der Waals surface area contributed by atoms with E-state index in [4.69, 9.17) is 16.8 Å². The molecule has 138 valence electrons. The van der Waals surface area contributed by atoms with Crippen molar-refractivity contribution in [1.29, 1.82) is 10.5 Å². The number of amides is 1. The van der Waals surface area contributed by atoms with Crippen molar-refractivity contribution in [3.8, 4) is 12.1 Å². The number of hydrogen-bond acceptors (Lipinski definition) is 9. The van der Waals surface area contributed by atoms with Gasteiger partial charge in [-0.3, -0.25) is 10.6 Å². The zero-order chi connectivity index (χ0) is 20.0. The first-order valence-corrected chi connectivity index (χ1v) is 7.83. The van der Waals surface area contributed by atoms with E-state index < -0.39 is 11.5 Å². The Hall–Kier alpha value is -3.89. The predicted octanol–water partition coefficient (Wildman–Crippen LogP) is -0.341. The number of rotatable bonds is 4. The Balaban J connectivity index is 2.48. The van der Waals surface area contributed by atoms with Crippen LogP contribution in [0.4, 0.5) is 0 Å². The molecule has 0 fully saturated rings. The van der Waals surface area contributed by atoms with Crippen LogP contribution in [0.25, 0.3) is 0 Å². The molecule has 0 atom stereocenters. The summed E-state index contributed by atoms with van der Waals surface area (Å²) in [4.78, 5) is 22.9. The number of hydrazone groups is 1. The quantitative estimate of drug-likeness (QED) is 0.171. The van der Waals surface area contributed by atoms with Gasteiger partial charge in [-0.15, -0.1) is 0 Å². The first-order valence-electron chi connectivity index (χ1n) is 7.83. The SMILES string of the molecule is COC(=O)C(C#N)=C(N)C(C#N)=C1C=C(NN)C(C2=NNC(=O)CC2)=CC1. The highest BCUT2D eigenvalue weighted by atomic mass is 16.5. The maximum Gasteiger partial charge on any atom is 0.350 e. The van der Waals surface area contributed by atoms with Gasteiger partial charge in [0.25, 0.3) is 0 Å².